The van der Waals surface area contributed by atoms with Crippen LogP contribution in [0.5, 0.6) is 0 Å². The molecule has 0 amide bonds. The largest absolute Gasteiger partial charge is 0.456 e. The Kier molecular flexibility index (Phi) is 6.09. The highest BCUT2D eigenvalue weighted by atomic mass is 16.3. The van der Waals surface area contributed by atoms with Crippen LogP contribution in [-0.2, 0) is 0 Å². The Hall–Kier alpha value is -7.16. The summed E-state index contributed by atoms with van der Waals surface area (Å²) in [5, 5.41) is 14.6. The maximum atomic E-state index is 6.76. The van der Waals surface area contributed by atoms with Crippen molar-refractivity contribution in [2.24, 2.45) is 0 Å². The summed E-state index contributed by atoms with van der Waals surface area (Å²) < 4.78 is 9.16. The first-order valence-electron chi connectivity index (χ1n) is 18.6. The number of nitrogens with zero attached hydrogens (tertiary/aromatic N) is 1. The van der Waals surface area contributed by atoms with Gasteiger partial charge in [-0.05, 0) is 102 Å². The summed E-state index contributed by atoms with van der Waals surface area (Å²) in [6, 6.07) is 68.5. The molecule has 2 heterocycles. The standard InChI is InChI=1S/C52H31NO/c1-2-17-35-32(14-1)28-29-47-51(35)52-39-21-4-3-18-36(39)44(31-48(52)54-47)50-42-24-7-5-22-40(42)49(41-23-6-8-25-43(41)50)33-15-13-16-34(30-33)53-45-26-11-9-19-37(45)38-20-10-12-27-46(38)53/h1-31H. The topological polar surface area (TPSA) is 18.1 Å². The van der Waals surface area contributed by atoms with Crippen molar-refractivity contribution < 1.29 is 4.42 Å². The lowest BCUT2D eigenvalue weighted by molar-refractivity contribution is 0.669. The molecule has 12 rings (SSSR count). The van der Waals surface area contributed by atoms with E-state index in [-0.39, 0.29) is 0 Å². The van der Waals surface area contributed by atoms with E-state index in [2.05, 4.69) is 193 Å². The van der Waals surface area contributed by atoms with Crippen LogP contribution in [0.15, 0.2) is 192 Å². The maximum absolute atomic E-state index is 6.76. The predicted molar refractivity (Wildman–Crippen MR) is 229 cm³/mol. The zero-order chi connectivity index (χ0) is 35.3. The van der Waals surface area contributed by atoms with E-state index in [4.69, 9.17) is 4.42 Å². The van der Waals surface area contributed by atoms with Crippen molar-refractivity contribution in [3.63, 3.8) is 0 Å². The number of furan rings is 1. The van der Waals surface area contributed by atoms with Crippen molar-refractivity contribution in [1.29, 1.82) is 0 Å². The van der Waals surface area contributed by atoms with Crippen LogP contribution in [0.3, 0.4) is 0 Å². The fourth-order valence-corrected chi connectivity index (χ4v) is 9.34. The van der Waals surface area contributed by atoms with E-state index in [1.807, 2.05) is 0 Å². The van der Waals surface area contributed by atoms with Gasteiger partial charge in [0, 0.05) is 27.2 Å². The zero-order valence-electron chi connectivity index (χ0n) is 29.3. The minimum atomic E-state index is 0.908. The molecule has 2 aromatic heterocycles. The van der Waals surface area contributed by atoms with Gasteiger partial charge in [0.25, 0.3) is 0 Å². The summed E-state index contributed by atoms with van der Waals surface area (Å²) in [5.74, 6) is 0. The highest BCUT2D eigenvalue weighted by molar-refractivity contribution is 6.31. The van der Waals surface area contributed by atoms with E-state index < -0.39 is 0 Å². The fraction of sp³-hybridized carbons (Fsp3) is 0. The Morgan fingerprint density at radius 2 is 0.852 bits per heavy atom. The molecule has 0 saturated heterocycles. The Bertz CT molecular complexity index is 3400. The number of aromatic nitrogens is 1. The van der Waals surface area contributed by atoms with Crippen molar-refractivity contribution in [1.82, 2.24) is 4.57 Å². The zero-order valence-corrected chi connectivity index (χ0v) is 29.3. The van der Waals surface area contributed by atoms with Gasteiger partial charge in [-0.1, -0.05) is 152 Å². The summed E-state index contributed by atoms with van der Waals surface area (Å²) >= 11 is 0. The molecule has 250 valence electrons. The summed E-state index contributed by atoms with van der Waals surface area (Å²) in [6.07, 6.45) is 0. The Labute approximate surface area is 310 Å². The average molecular weight is 686 g/mol. The Balaban J connectivity index is 1.16. The van der Waals surface area contributed by atoms with E-state index in [1.54, 1.807) is 0 Å². The third kappa shape index (κ3) is 4.05. The van der Waals surface area contributed by atoms with Crippen LogP contribution in [0, 0.1) is 0 Å². The van der Waals surface area contributed by atoms with E-state index in [1.165, 1.54) is 97.9 Å². The van der Waals surface area contributed by atoms with E-state index in [9.17, 15) is 0 Å². The summed E-state index contributed by atoms with van der Waals surface area (Å²) in [4.78, 5) is 0. The first-order chi connectivity index (χ1) is 26.8. The van der Waals surface area contributed by atoms with E-state index in [0.29, 0.717) is 0 Å². The minimum Gasteiger partial charge on any atom is -0.456 e. The fourth-order valence-electron chi connectivity index (χ4n) is 9.34. The highest BCUT2D eigenvalue weighted by Crippen LogP contribution is 2.48. The van der Waals surface area contributed by atoms with Crippen LogP contribution in [0.1, 0.15) is 0 Å². The second kappa shape index (κ2) is 11.2. The van der Waals surface area contributed by atoms with Crippen molar-refractivity contribution in [3.05, 3.63) is 188 Å². The van der Waals surface area contributed by atoms with Crippen molar-refractivity contribution in [2.75, 3.05) is 0 Å². The van der Waals surface area contributed by atoms with Gasteiger partial charge in [-0.15, -0.1) is 0 Å². The highest BCUT2D eigenvalue weighted by Gasteiger charge is 2.22. The molecule has 2 heteroatoms. The van der Waals surface area contributed by atoms with Crippen LogP contribution in [0.25, 0.3) is 115 Å². The second-order valence-corrected chi connectivity index (χ2v) is 14.4. The van der Waals surface area contributed by atoms with Gasteiger partial charge in [-0.3, -0.25) is 0 Å². The van der Waals surface area contributed by atoms with Crippen molar-refractivity contribution in [2.45, 2.75) is 0 Å². The molecule has 0 saturated carbocycles. The Morgan fingerprint density at radius 3 is 1.52 bits per heavy atom. The molecule has 12 aromatic rings. The third-order valence-electron chi connectivity index (χ3n) is 11.5. The monoisotopic (exact) mass is 685 g/mol. The molecule has 2 nitrogen and oxygen atoms in total. The lowest BCUT2D eigenvalue weighted by Crippen LogP contribution is -1.95. The predicted octanol–water partition coefficient (Wildman–Crippen LogP) is 14.6. The van der Waals surface area contributed by atoms with Gasteiger partial charge < -0.3 is 8.98 Å². The number of para-hydroxylation sites is 2. The van der Waals surface area contributed by atoms with Crippen LogP contribution in [-0.4, -0.2) is 4.57 Å². The van der Waals surface area contributed by atoms with Gasteiger partial charge in [0.1, 0.15) is 11.2 Å². The molecule has 0 spiro atoms. The number of benzene rings is 10. The molecule has 0 bridgehead atoms. The van der Waals surface area contributed by atoms with Gasteiger partial charge in [0.15, 0.2) is 0 Å². The molecular formula is C52H31NO. The van der Waals surface area contributed by atoms with Gasteiger partial charge in [0.05, 0.1) is 11.0 Å². The lowest BCUT2D eigenvalue weighted by Gasteiger charge is -2.19. The Morgan fingerprint density at radius 1 is 0.333 bits per heavy atom. The second-order valence-electron chi connectivity index (χ2n) is 14.4. The molecular weight excluding hydrogens is 655 g/mol. The summed E-state index contributed by atoms with van der Waals surface area (Å²) in [7, 11) is 0. The molecule has 0 N–H and O–H groups in total. The SMILES string of the molecule is c1cc(-c2c3ccccc3c(-c3cc4oc5ccc6ccccc6c5c4c4ccccc34)c3ccccc23)cc(-n2c3ccccc3c3ccccc32)c1. The first-order valence-corrected chi connectivity index (χ1v) is 18.6. The smallest absolute Gasteiger partial charge is 0.136 e. The molecule has 10 aromatic carbocycles. The van der Waals surface area contributed by atoms with Gasteiger partial charge >= 0.3 is 0 Å². The van der Waals surface area contributed by atoms with E-state index in [0.717, 1.165) is 16.9 Å². The molecule has 0 aliphatic heterocycles. The van der Waals surface area contributed by atoms with Crippen LogP contribution in [0.4, 0.5) is 0 Å². The lowest BCUT2D eigenvalue weighted by atomic mass is 9.84. The van der Waals surface area contributed by atoms with Crippen LogP contribution < -0.4 is 0 Å². The summed E-state index contributed by atoms with van der Waals surface area (Å²) in [5.41, 5.74) is 10.2. The van der Waals surface area contributed by atoms with Gasteiger partial charge in [-0.2, -0.15) is 0 Å². The third-order valence-corrected chi connectivity index (χ3v) is 11.5. The number of rotatable bonds is 3. The minimum absolute atomic E-state index is 0.908. The van der Waals surface area contributed by atoms with Gasteiger partial charge in [-0.25, -0.2) is 0 Å². The number of hydrogen-bond donors (Lipinski definition) is 0. The van der Waals surface area contributed by atoms with Crippen LogP contribution >= 0.6 is 0 Å². The van der Waals surface area contributed by atoms with Crippen LogP contribution in [0.2, 0.25) is 0 Å². The number of hydrogen-bond acceptors (Lipinski definition) is 1. The molecule has 54 heavy (non-hydrogen) atoms. The quantitative estimate of drug-likeness (QED) is 0.169. The molecule has 0 radical (unpaired) electrons. The summed E-state index contributed by atoms with van der Waals surface area (Å²) in [6.45, 7) is 0. The normalized spacial score (nSPS) is 12.1. The molecule has 0 aliphatic carbocycles. The number of fused-ring (bicyclic) bond motifs is 12. The maximum Gasteiger partial charge on any atom is 0.136 e. The molecule has 0 aliphatic rings. The van der Waals surface area contributed by atoms with E-state index >= 15 is 0 Å². The van der Waals surface area contributed by atoms with Gasteiger partial charge in [0.2, 0.25) is 0 Å². The average Bonchev–Trinajstić information content (AvgIpc) is 3.79. The van der Waals surface area contributed by atoms with Crippen molar-refractivity contribution in [3.8, 4) is 27.9 Å². The molecule has 0 atom stereocenters. The first kappa shape index (κ1) is 29.4. The molecule has 0 fully saturated rings. The molecule has 0 unspecified atom stereocenters. The van der Waals surface area contributed by atoms with Crippen molar-refractivity contribution >= 4 is 86.8 Å².